The maximum Gasteiger partial charge on any atom is 0.123 e. The van der Waals surface area contributed by atoms with E-state index in [1.807, 2.05) is 6.07 Å². The quantitative estimate of drug-likeness (QED) is 0.883. The zero-order valence-electron chi connectivity index (χ0n) is 11.4. The van der Waals surface area contributed by atoms with Gasteiger partial charge in [-0.25, -0.2) is 0 Å². The van der Waals surface area contributed by atoms with Gasteiger partial charge in [-0.2, -0.15) is 0 Å². The molecule has 0 aliphatic heterocycles. The highest BCUT2D eigenvalue weighted by Crippen LogP contribution is 2.31. The van der Waals surface area contributed by atoms with Crippen molar-refractivity contribution in [2.45, 2.75) is 45.7 Å². The molecule has 0 atom stereocenters. The third-order valence-electron chi connectivity index (χ3n) is 3.00. The SMILES string of the molecule is CC(C)(C)NCc1cc(Br)ccc1OCC1CC1. The monoisotopic (exact) mass is 311 g/mol. The molecule has 18 heavy (non-hydrogen) atoms. The Hall–Kier alpha value is -0.540. The minimum atomic E-state index is 0.121. The molecule has 1 fully saturated rings. The largest absolute Gasteiger partial charge is 0.493 e. The fourth-order valence-electron chi connectivity index (χ4n) is 1.68. The second kappa shape index (κ2) is 5.62. The van der Waals surface area contributed by atoms with Crippen LogP contribution in [0.2, 0.25) is 0 Å². The van der Waals surface area contributed by atoms with Gasteiger partial charge < -0.3 is 10.1 Å². The Kier molecular flexibility index (Phi) is 4.33. The number of ether oxygens (including phenoxy) is 1. The lowest BCUT2D eigenvalue weighted by Gasteiger charge is -2.22. The van der Waals surface area contributed by atoms with Crippen LogP contribution < -0.4 is 10.1 Å². The van der Waals surface area contributed by atoms with E-state index in [0.717, 1.165) is 29.3 Å². The number of benzene rings is 1. The normalized spacial score (nSPS) is 15.8. The van der Waals surface area contributed by atoms with Gasteiger partial charge in [0, 0.05) is 22.1 Å². The Morgan fingerprint density at radius 3 is 2.67 bits per heavy atom. The van der Waals surface area contributed by atoms with Gasteiger partial charge in [0.05, 0.1) is 6.61 Å². The van der Waals surface area contributed by atoms with Gasteiger partial charge in [-0.15, -0.1) is 0 Å². The molecule has 0 bridgehead atoms. The fraction of sp³-hybridized carbons (Fsp3) is 0.600. The average molecular weight is 312 g/mol. The molecule has 0 saturated heterocycles. The van der Waals surface area contributed by atoms with Crippen molar-refractivity contribution in [3.63, 3.8) is 0 Å². The molecule has 2 nitrogen and oxygen atoms in total. The molecule has 1 aliphatic rings. The highest BCUT2D eigenvalue weighted by Gasteiger charge is 2.22. The first-order chi connectivity index (χ1) is 8.44. The summed E-state index contributed by atoms with van der Waals surface area (Å²) in [5, 5.41) is 3.51. The van der Waals surface area contributed by atoms with E-state index in [4.69, 9.17) is 4.74 Å². The van der Waals surface area contributed by atoms with E-state index in [9.17, 15) is 0 Å². The number of hydrogen-bond donors (Lipinski definition) is 1. The summed E-state index contributed by atoms with van der Waals surface area (Å²) in [5.74, 6) is 1.80. The molecule has 1 N–H and O–H groups in total. The lowest BCUT2D eigenvalue weighted by atomic mass is 10.1. The van der Waals surface area contributed by atoms with Gasteiger partial charge in [0.2, 0.25) is 0 Å². The van der Waals surface area contributed by atoms with Crippen LogP contribution in [0.1, 0.15) is 39.2 Å². The number of nitrogens with one attached hydrogen (secondary N) is 1. The molecule has 0 amide bonds. The van der Waals surface area contributed by atoms with Crippen molar-refractivity contribution >= 4 is 15.9 Å². The Balaban J connectivity index is 2.02. The van der Waals surface area contributed by atoms with Gasteiger partial charge in [-0.05, 0) is 57.7 Å². The van der Waals surface area contributed by atoms with Crippen LogP contribution in [-0.4, -0.2) is 12.1 Å². The lowest BCUT2D eigenvalue weighted by Crippen LogP contribution is -2.35. The van der Waals surface area contributed by atoms with Crippen molar-refractivity contribution in [3.05, 3.63) is 28.2 Å². The van der Waals surface area contributed by atoms with Crippen LogP contribution in [0.25, 0.3) is 0 Å². The smallest absolute Gasteiger partial charge is 0.123 e. The summed E-state index contributed by atoms with van der Waals surface area (Å²) in [6.07, 6.45) is 2.65. The van der Waals surface area contributed by atoms with Crippen LogP contribution >= 0.6 is 15.9 Å². The first kappa shape index (κ1) is 13.9. The van der Waals surface area contributed by atoms with Crippen molar-refractivity contribution in [2.75, 3.05) is 6.61 Å². The highest BCUT2D eigenvalue weighted by molar-refractivity contribution is 9.10. The Morgan fingerprint density at radius 2 is 2.06 bits per heavy atom. The van der Waals surface area contributed by atoms with E-state index in [1.54, 1.807) is 0 Å². The molecule has 0 radical (unpaired) electrons. The van der Waals surface area contributed by atoms with E-state index in [2.05, 4.69) is 54.2 Å². The van der Waals surface area contributed by atoms with Crippen LogP contribution in [0, 0.1) is 5.92 Å². The van der Waals surface area contributed by atoms with Crippen molar-refractivity contribution < 1.29 is 4.74 Å². The highest BCUT2D eigenvalue weighted by atomic mass is 79.9. The van der Waals surface area contributed by atoms with E-state index in [0.29, 0.717) is 0 Å². The van der Waals surface area contributed by atoms with Gasteiger partial charge in [0.15, 0.2) is 0 Å². The van der Waals surface area contributed by atoms with Crippen molar-refractivity contribution in [1.82, 2.24) is 5.32 Å². The molecule has 2 rings (SSSR count). The molecular weight excluding hydrogens is 290 g/mol. The molecule has 1 aromatic carbocycles. The topological polar surface area (TPSA) is 21.3 Å². The maximum atomic E-state index is 5.92. The Labute approximate surface area is 118 Å². The van der Waals surface area contributed by atoms with Crippen LogP contribution in [0.3, 0.4) is 0 Å². The third-order valence-corrected chi connectivity index (χ3v) is 3.50. The molecule has 100 valence electrons. The maximum absolute atomic E-state index is 5.92. The van der Waals surface area contributed by atoms with Crippen LogP contribution in [-0.2, 0) is 6.54 Å². The molecule has 1 aromatic rings. The minimum Gasteiger partial charge on any atom is -0.493 e. The van der Waals surface area contributed by atoms with E-state index >= 15 is 0 Å². The predicted octanol–water partition coefficient (Wildman–Crippen LogP) is 4.13. The molecule has 0 heterocycles. The average Bonchev–Trinajstić information content (AvgIpc) is 3.08. The second-order valence-electron chi connectivity index (χ2n) is 6.11. The van der Waals surface area contributed by atoms with E-state index < -0.39 is 0 Å². The van der Waals surface area contributed by atoms with E-state index in [-0.39, 0.29) is 5.54 Å². The summed E-state index contributed by atoms with van der Waals surface area (Å²) in [6.45, 7) is 8.23. The number of hydrogen-bond acceptors (Lipinski definition) is 2. The van der Waals surface area contributed by atoms with Gasteiger partial charge in [0.25, 0.3) is 0 Å². The van der Waals surface area contributed by atoms with E-state index in [1.165, 1.54) is 18.4 Å². The van der Waals surface area contributed by atoms with Gasteiger partial charge >= 0.3 is 0 Å². The molecular formula is C15H22BrNO. The summed E-state index contributed by atoms with van der Waals surface area (Å²) in [4.78, 5) is 0. The van der Waals surface area contributed by atoms with Gasteiger partial charge in [0.1, 0.15) is 5.75 Å². The first-order valence-corrected chi connectivity index (χ1v) is 7.39. The molecule has 1 saturated carbocycles. The van der Waals surface area contributed by atoms with Gasteiger partial charge in [-0.3, -0.25) is 0 Å². The number of halogens is 1. The molecule has 0 spiro atoms. The summed E-state index contributed by atoms with van der Waals surface area (Å²) >= 11 is 3.53. The molecule has 3 heteroatoms. The minimum absolute atomic E-state index is 0.121. The van der Waals surface area contributed by atoms with Crippen LogP contribution in [0.4, 0.5) is 0 Å². The standard InChI is InChI=1S/C15H22BrNO/c1-15(2,3)17-9-12-8-13(16)6-7-14(12)18-10-11-4-5-11/h6-8,11,17H,4-5,9-10H2,1-3H3. The van der Waals surface area contributed by atoms with Crippen molar-refractivity contribution in [3.8, 4) is 5.75 Å². The summed E-state index contributed by atoms with van der Waals surface area (Å²) in [5.41, 5.74) is 1.34. The second-order valence-corrected chi connectivity index (χ2v) is 7.03. The summed E-state index contributed by atoms with van der Waals surface area (Å²) < 4.78 is 7.02. The van der Waals surface area contributed by atoms with Crippen molar-refractivity contribution in [2.24, 2.45) is 5.92 Å². The Morgan fingerprint density at radius 1 is 1.33 bits per heavy atom. The summed E-state index contributed by atoms with van der Waals surface area (Å²) in [6, 6.07) is 6.25. The Bertz CT molecular complexity index is 407. The van der Waals surface area contributed by atoms with Crippen molar-refractivity contribution in [1.29, 1.82) is 0 Å². The third kappa shape index (κ3) is 4.62. The zero-order valence-corrected chi connectivity index (χ0v) is 13.0. The van der Waals surface area contributed by atoms with Gasteiger partial charge in [-0.1, -0.05) is 15.9 Å². The fourth-order valence-corrected chi connectivity index (χ4v) is 2.09. The molecule has 0 aromatic heterocycles. The lowest BCUT2D eigenvalue weighted by molar-refractivity contribution is 0.294. The number of rotatable bonds is 5. The summed E-state index contributed by atoms with van der Waals surface area (Å²) in [7, 11) is 0. The van der Waals surface area contributed by atoms with Crippen LogP contribution in [0.15, 0.2) is 22.7 Å². The molecule has 1 aliphatic carbocycles. The molecule has 0 unspecified atom stereocenters. The van der Waals surface area contributed by atoms with Crippen LogP contribution in [0.5, 0.6) is 5.75 Å². The first-order valence-electron chi connectivity index (χ1n) is 6.60. The predicted molar refractivity (Wildman–Crippen MR) is 79.0 cm³/mol. The zero-order chi connectivity index (χ0) is 13.2.